The molecule has 0 bridgehead atoms. The number of esters is 4. The van der Waals surface area contributed by atoms with Crippen molar-refractivity contribution in [3.05, 3.63) is 0 Å². The van der Waals surface area contributed by atoms with Crippen LogP contribution in [-0.2, 0) is 56.2 Å². The van der Waals surface area contributed by atoms with Crippen molar-refractivity contribution >= 4 is 41.9 Å². The summed E-state index contributed by atoms with van der Waals surface area (Å²) in [5.74, 6) is -1.10. The van der Waals surface area contributed by atoms with Crippen LogP contribution in [-0.4, -0.2) is 75.7 Å². The number of hydrogen-bond donors (Lipinski definition) is 0. The molecule has 3 unspecified atom stereocenters. The third-order valence-electron chi connectivity index (χ3n) is 18.9. The largest absolute Gasteiger partial charge is 0.462 e. The van der Waals surface area contributed by atoms with Crippen molar-refractivity contribution in [1.82, 2.24) is 0 Å². The van der Waals surface area contributed by atoms with Crippen molar-refractivity contribution in [2.24, 2.45) is 5.92 Å². The Morgan fingerprint density at radius 2 is 0.385 bits per heavy atom. The van der Waals surface area contributed by atoms with Gasteiger partial charge in [-0.3, -0.25) is 19.2 Å². The summed E-state index contributed by atoms with van der Waals surface area (Å²) in [6.45, 7) is 11.9. The van der Waals surface area contributed by atoms with Gasteiger partial charge in [-0.05, 0) is 25.7 Å². The van der Waals surface area contributed by atoms with E-state index in [-0.39, 0.29) is 74.3 Å². The molecule has 14 heteroatoms. The van der Waals surface area contributed by atoms with Crippen LogP contribution in [0.4, 0.5) is 0 Å². The normalized spacial score (nSPS) is 12.8. The van der Waals surface area contributed by atoms with E-state index in [0.717, 1.165) is 77.0 Å². The molecule has 0 aliphatic carbocycles. The van der Waals surface area contributed by atoms with Gasteiger partial charge >= 0.3 is 23.9 Å². The van der Waals surface area contributed by atoms with E-state index in [2.05, 4.69) is 27.7 Å². The number of unbranched alkanes of at least 4 members (excludes halogenated alkanes) is 56. The second kappa shape index (κ2) is 80.9. The van der Waals surface area contributed by atoms with Crippen LogP contribution >= 0.6 is 18.1 Å². The summed E-state index contributed by atoms with van der Waals surface area (Å²) in [4.78, 5) is 51.8. The van der Waals surface area contributed by atoms with Gasteiger partial charge in [0.15, 0.2) is 30.3 Å². The molecule has 0 amide bonds. The van der Waals surface area contributed by atoms with E-state index in [9.17, 15) is 19.2 Å². The molecule has 0 radical (unpaired) electrons. The quantitative estimate of drug-likeness (QED) is 0.0248. The van der Waals surface area contributed by atoms with Gasteiger partial charge in [0, 0.05) is 31.6 Å². The molecule has 570 valence electrons. The lowest BCUT2D eigenvalue weighted by atomic mass is 10.0. The van der Waals surface area contributed by atoms with E-state index < -0.39 is 12.2 Å². The van der Waals surface area contributed by atoms with Crippen molar-refractivity contribution in [1.29, 1.82) is 0 Å². The molecular weight excluding hydrogens is 1240 g/mol. The van der Waals surface area contributed by atoms with E-state index in [1.807, 2.05) is 6.92 Å². The van der Waals surface area contributed by atoms with E-state index >= 15 is 0 Å². The smallest absolute Gasteiger partial charge is 0.306 e. The summed E-state index contributed by atoms with van der Waals surface area (Å²) in [6, 6.07) is 0. The highest BCUT2D eigenvalue weighted by molar-refractivity contribution is 7.26. The van der Waals surface area contributed by atoms with Crippen LogP contribution in [0.25, 0.3) is 0 Å². The van der Waals surface area contributed by atoms with Crippen molar-refractivity contribution in [2.75, 3.05) is 39.6 Å². The lowest BCUT2D eigenvalue weighted by Crippen LogP contribution is -2.29. The molecule has 5 atom stereocenters. The molecular formula is C82H160O12P2. The second-order valence-corrected chi connectivity index (χ2v) is 30.4. The number of hydrogen-bond acceptors (Lipinski definition) is 12. The molecule has 0 heterocycles. The van der Waals surface area contributed by atoms with Gasteiger partial charge in [0.1, 0.15) is 13.2 Å². The highest BCUT2D eigenvalue weighted by Gasteiger charge is 2.20. The molecule has 0 aromatic carbocycles. The van der Waals surface area contributed by atoms with Gasteiger partial charge in [-0.15, -0.1) is 0 Å². The Labute approximate surface area is 598 Å². The monoisotopic (exact) mass is 1400 g/mol. The molecule has 0 aromatic heterocycles. The maximum Gasteiger partial charge on any atom is 0.306 e. The minimum absolute atomic E-state index is 0.0191. The highest BCUT2D eigenvalue weighted by Crippen LogP contribution is 2.23. The third kappa shape index (κ3) is 76.8. The maximum atomic E-state index is 13.1. The summed E-state index contributed by atoms with van der Waals surface area (Å²) < 4.78 is 46.5. The fourth-order valence-electron chi connectivity index (χ4n) is 12.5. The molecule has 0 N–H and O–H groups in total. The van der Waals surface area contributed by atoms with E-state index in [0.29, 0.717) is 38.9 Å². The molecule has 0 fully saturated rings. The average Bonchev–Trinajstić information content (AvgIpc) is 3.04. The Morgan fingerprint density at radius 1 is 0.219 bits per heavy atom. The topological polar surface area (TPSA) is 142 Å². The highest BCUT2D eigenvalue weighted by atomic mass is 31.1. The van der Waals surface area contributed by atoms with Crippen molar-refractivity contribution in [3.63, 3.8) is 0 Å². The van der Waals surface area contributed by atoms with Crippen LogP contribution in [0.5, 0.6) is 0 Å². The average molecular weight is 1400 g/mol. The molecule has 0 aromatic rings. The lowest BCUT2D eigenvalue weighted by molar-refractivity contribution is -0.161. The van der Waals surface area contributed by atoms with Gasteiger partial charge in [0.2, 0.25) is 0 Å². The first-order valence-electron chi connectivity index (χ1n) is 41.9. The van der Waals surface area contributed by atoms with Gasteiger partial charge in [0.05, 0.1) is 26.4 Å². The van der Waals surface area contributed by atoms with E-state index in [1.54, 1.807) is 0 Å². The summed E-state index contributed by atoms with van der Waals surface area (Å²) in [7, 11) is -0.605. The van der Waals surface area contributed by atoms with Crippen LogP contribution in [0.2, 0.25) is 0 Å². The Morgan fingerprint density at radius 3 is 0.583 bits per heavy atom. The zero-order chi connectivity index (χ0) is 69.6. The van der Waals surface area contributed by atoms with Crippen LogP contribution in [0.3, 0.4) is 0 Å². The Balaban J connectivity index is 4.91. The summed E-state index contributed by atoms with van der Waals surface area (Å²) >= 11 is 0. The van der Waals surface area contributed by atoms with Crippen molar-refractivity contribution < 1.29 is 56.2 Å². The van der Waals surface area contributed by atoms with Crippen LogP contribution in [0, 0.1) is 5.92 Å². The third-order valence-corrected chi connectivity index (χ3v) is 20.0. The summed E-state index contributed by atoms with van der Waals surface area (Å²) in [6.07, 6.45) is 75.9. The lowest BCUT2D eigenvalue weighted by Gasteiger charge is -2.19. The van der Waals surface area contributed by atoms with Gasteiger partial charge in [-0.25, -0.2) is 0 Å². The van der Waals surface area contributed by atoms with Crippen molar-refractivity contribution in [2.45, 2.75) is 458 Å². The number of carbonyl (C=O) groups excluding carboxylic acids is 4. The zero-order valence-electron chi connectivity index (χ0n) is 64.1. The van der Waals surface area contributed by atoms with Gasteiger partial charge in [-0.2, -0.15) is 0 Å². The minimum Gasteiger partial charge on any atom is -0.462 e. The number of rotatable bonds is 82. The van der Waals surface area contributed by atoms with Crippen LogP contribution in [0.15, 0.2) is 0 Å². The van der Waals surface area contributed by atoms with Crippen LogP contribution < -0.4 is 0 Å². The molecule has 12 nitrogen and oxygen atoms in total. The van der Waals surface area contributed by atoms with Gasteiger partial charge in [0.25, 0.3) is 0 Å². The molecule has 96 heavy (non-hydrogen) atoms. The maximum absolute atomic E-state index is 13.1. The molecule has 0 spiro atoms. The molecule has 0 aliphatic rings. The first-order valence-corrected chi connectivity index (χ1v) is 43.6. The Kier molecular flexibility index (Phi) is 79.7. The predicted molar refractivity (Wildman–Crippen MR) is 409 cm³/mol. The zero-order valence-corrected chi connectivity index (χ0v) is 66.1. The number of carbonyl (C=O) groups is 4. The SMILES string of the molecule is CCCCCCCCCCCCCCCCCC(=O)OC[C@@H](COPOCC(C)COPOC[C@@H](COC(=O)CCCCCCCCCCCCCCCCC)OC(=O)CCCCCCCCCCCCCCCCC)OC(=O)CCCCCCCCCCCCCCCCC. The fraction of sp³-hybridized carbons (Fsp3) is 0.951. The van der Waals surface area contributed by atoms with Crippen molar-refractivity contribution in [3.8, 4) is 0 Å². The molecule has 0 aliphatic heterocycles. The standard InChI is InChI=1S/C82H160O12P2/c1-6-10-14-18-22-26-30-34-38-42-46-50-54-58-62-66-79(83)87-72-77(93-81(85)68-64-60-56-52-48-44-40-36-32-28-24-20-16-12-8-3)74-91-95-89-70-76(5)71-90-96-92-75-78(94-82(86)69-65-61-57-53-49-45-41-37-33-29-25-21-17-13-9-4)73-88-80(84)67-63-59-55-51-47-43-39-35-31-27-23-19-15-11-7-2/h76-78,95-96H,6-75H2,1-5H3/t76?,77-,78+. The molecule has 0 rings (SSSR count). The van der Waals surface area contributed by atoms with Crippen LogP contribution in [0.1, 0.15) is 446 Å². The molecule has 0 saturated heterocycles. The Hall–Kier alpha value is -1.42. The second-order valence-electron chi connectivity index (χ2n) is 28.9. The first-order chi connectivity index (χ1) is 47.2. The number of ether oxygens (including phenoxy) is 4. The summed E-state index contributed by atoms with van der Waals surface area (Å²) in [5, 5.41) is 0. The van der Waals surface area contributed by atoms with Gasteiger partial charge in [-0.1, -0.05) is 394 Å². The summed E-state index contributed by atoms with van der Waals surface area (Å²) in [5.41, 5.74) is 0. The van der Waals surface area contributed by atoms with Gasteiger partial charge < -0.3 is 37.0 Å². The fourth-order valence-corrected chi connectivity index (χ4v) is 13.9. The van der Waals surface area contributed by atoms with E-state index in [1.165, 1.54) is 308 Å². The Bertz CT molecular complexity index is 1480. The van der Waals surface area contributed by atoms with E-state index in [4.69, 9.17) is 37.0 Å². The minimum atomic E-state index is -0.714. The molecule has 0 saturated carbocycles. The first kappa shape index (κ1) is 94.6. The predicted octanol–water partition coefficient (Wildman–Crippen LogP) is 26.7.